The van der Waals surface area contributed by atoms with E-state index in [1.807, 2.05) is 6.92 Å². The molecule has 0 aliphatic carbocycles. The van der Waals surface area contributed by atoms with Crippen molar-refractivity contribution in [3.05, 3.63) is 16.6 Å². The van der Waals surface area contributed by atoms with Crippen molar-refractivity contribution < 1.29 is 19.4 Å². The third-order valence-corrected chi connectivity index (χ3v) is 3.27. The fraction of sp³-hybridized carbons (Fsp3) is 0.500. The minimum Gasteiger partial charge on any atom is -0.479 e. The number of carbonyl (C=O) groups excluding carboxylic acids is 1. The largest absolute Gasteiger partial charge is 0.479 e. The number of carboxylic acids is 1. The van der Waals surface area contributed by atoms with E-state index >= 15 is 0 Å². The Kier molecular flexibility index (Phi) is 3.39. The molecule has 0 spiro atoms. The molecule has 2 unspecified atom stereocenters. The van der Waals surface area contributed by atoms with Crippen molar-refractivity contribution >= 4 is 23.2 Å². The van der Waals surface area contributed by atoms with Crippen LogP contribution in [0.25, 0.3) is 0 Å². The molecule has 0 bridgehead atoms. The van der Waals surface area contributed by atoms with E-state index in [1.165, 1.54) is 16.2 Å². The molecule has 1 aromatic rings. The number of amides is 1. The Hall–Kier alpha value is -1.47. The van der Waals surface area contributed by atoms with Gasteiger partial charge < -0.3 is 14.7 Å². The van der Waals surface area contributed by atoms with Gasteiger partial charge in [0.2, 0.25) is 5.91 Å². The Labute approximate surface area is 102 Å². The lowest BCUT2D eigenvalue weighted by atomic mass is 10.0. The number of aromatic nitrogens is 1. The SMILES string of the molecule is CCN1C(=O)COC(C(=O)O)C1c1cscn1. The number of thiazole rings is 1. The molecule has 1 aliphatic rings. The van der Waals surface area contributed by atoms with Crippen LogP contribution in [-0.4, -0.2) is 46.1 Å². The van der Waals surface area contributed by atoms with Gasteiger partial charge >= 0.3 is 5.97 Å². The molecule has 1 N–H and O–H groups in total. The standard InChI is InChI=1S/C10H12N2O4S/c1-2-12-7(13)3-16-9(10(14)15)8(12)6-4-17-5-11-6/h4-5,8-9H,2-3H2,1H3,(H,14,15). The number of likely N-dealkylation sites (N-methyl/N-ethyl adjacent to an activating group) is 1. The van der Waals surface area contributed by atoms with Crippen LogP contribution in [-0.2, 0) is 14.3 Å². The zero-order chi connectivity index (χ0) is 12.4. The molecule has 1 saturated heterocycles. The number of morpholine rings is 1. The Bertz CT molecular complexity index is 418. The molecule has 2 heterocycles. The summed E-state index contributed by atoms with van der Waals surface area (Å²) in [5.74, 6) is -1.28. The first-order valence-corrected chi connectivity index (χ1v) is 6.11. The van der Waals surface area contributed by atoms with Gasteiger partial charge in [-0.15, -0.1) is 11.3 Å². The molecule has 0 saturated carbocycles. The molecule has 2 rings (SSSR count). The molecular weight excluding hydrogens is 244 g/mol. The zero-order valence-electron chi connectivity index (χ0n) is 9.20. The normalized spacial score (nSPS) is 25.0. The summed E-state index contributed by atoms with van der Waals surface area (Å²) in [5, 5.41) is 10.9. The second-order valence-electron chi connectivity index (χ2n) is 3.61. The van der Waals surface area contributed by atoms with Crippen LogP contribution in [0.1, 0.15) is 18.7 Å². The van der Waals surface area contributed by atoms with Crippen LogP contribution in [0.2, 0.25) is 0 Å². The van der Waals surface area contributed by atoms with E-state index in [9.17, 15) is 9.59 Å². The Morgan fingerprint density at radius 3 is 3.06 bits per heavy atom. The third kappa shape index (κ3) is 2.16. The highest BCUT2D eigenvalue weighted by molar-refractivity contribution is 7.07. The summed E-state index contributed by atoms with van der Waals surface area (Å²) >= 11 is 1.36. The minimum atomic E-state index is -1.08. The van der Waals surface area contributed by atoms with Gasteiger partial charge in [0.05, 0.1) is 11.2 Å². The van der Waals surface area contributed by atoms with Crippen molar-refractivity contribution in [1.29, 1.82) is 0 Å². The quantitative estimate of drug-likeness (QED) is 0.852. The summed E-state index contributed by atoms with van der Waals surface area (Å²) in [6.45, 7) is 2.06. The van der Waals surface area contributed by atoms with E-state index in [2.05, 4.69) is 4.98 Å². The van der Waals surface area contributed by atoms with Crippen molar-refractivity contribution in [3.63, 3.8) is 0 Å². The highest BCUT2D eigenvalue weighted by Crippen LogP contribution is 2.29. The number of rotatable bonds is 3. The van der Waals surface area contributed by atoms with E-state index in [4.69, 9.17) is 9.84 Å². The zero-order valence-corrected chi connectivity index (χ0v) is 10.0. The van der Waals surface area contributed by atoms with Crippen LogP contribution in [0.3, 0.4) is 0 Å². The fourth-order valence-electron chi connectivity index (χ4n) is 1.92. The van der Waals surface area contributed by atoms with Gasteiger partial charge in [-0.05, 0) is 6.92 Å². The lowest BCUT2D eigenvalue weighted by Gasteiger charge is -2.37. The molecule has 0 radical (unpaired) electrons. The second kappa shape index (κ2) is 4.80. The summed E-state index contributed by atoms with van der Waals surface area (Å²) in [6.07, 6.45) is -1.05. The Balaban J connectivity index is 2.36. The van der Waals surface area contributed by atoms with E-state index in [0.717, 1.165) is 0 Å². The van der Waals surface area contributed by atoms with Crippen LogP contribution < -0.4 is 0 Å². The molecule has 1 fully saturated rings. The van der Waals surface area contributed by atoms with Gasteiger partial charge in [-0.25, -0.2) is 9.78 Å². The van der Waals surface area contributed by atoms with Crippen LogP contribution >= 0.6 is 11.3 Å². The Morgan fingerprint density at radius 2 is 2.53 bits per heavy atom. The average Bonchev–Trinajstić information content (AvgIpc) is 2.81. The number of nitrogens with zero attached hydrogens (tertiary/aromatic N) is 2. The topological polar surface area (TPSA) is 79.7 Å². The lowest BCUT2D eigenvalue weighted by molar-refractivity contribution is -0.173. The number of ether oxygens (including phenoxy) is 1. The van der Waals surface area contributed by atoms with E-state index < -0.39 is 18.1 Å². The van der Waals surface area contributed by atoms with E-state index in [-0.39, 0.29) is 12.5 Å². The van der Waals surface area contributed by atoms with Crippen molar-refractivity contribution in [2.45, 2.75) is 19.1 Å². The molecule has 0 aromatic carbocycles. The summed E-state index contributed by atoms with van der Waals surface area (Å²) in [5.41, 5.74) is 2.18. The van der Waals surface area contributed by atoms with Gasteiger partial charge in [-0.3, -0.25) is 4.79 Å². The molecule has 17 heavy (non-hydrogen) atoms. The molecule has 1 aliphatic heterocycles. The van der Waals surface area contributed by atoms with Gasteiger partial charge in [-0.1, -0.05) is 0 Å². The predicted octanol–water partition coefficient (Wildman–Crippen LogP) is 0.516. The maximum absolute atomic E-state index is 11.7. The van der Waals surface area contributed by atoms with Crippen LogP contribution in [0, 0.1) is 0 Å². The van der Waals surface area contributed by atoms with Gasteiger partial charge in [0.15, 0.2) is 6.10 Å². The predicted molar refractivity (Wildman–Crippen MR) is 59.6 cm³/mol. The maximum atomic E-state index is 11.7. The molecule has 1 aromatic heterocycles. The Morgan fingerprint density at radius 1 is 1.76 bits per heavy atom. The van der Waals surface area contributed by atoms with Gasteiger partial charge in [0, 0.05) is 11.9 Å². The fourth-order valence-corrected chi connectivity index (χ4v) is 2.50. The number of aliphatic carboxylic acids is 1. The van der Waals surface area contributed by atoms with Gasteiger partial charge in [0.25, 0.3) is 0 Å². The molecule has 1 amide bonds. The highest BCUT2D eigenvalue weighted by atomic mass is 32.1. The van der Waals surface area contributed by atoms with Gasteiger partial charge in [-0.2, -0.15) is 0 Å². The summed E-state index contributed by atoms with van der Waals surface area (Å²) in [7, 11) is 0. The summed E-state index contributed by atoms with van der Waals surface area (Å²) in [6, 6.07) is -0.634. The highest BCUT2D eigenvalue weighted by Gasteiger charge is 2.42. The first kappa shape index (κ1) is 12.0. The van der Waals surface area contributed by atoms with E-state index in [0.29, 0.717) is 12.2 Å². The summed E-state index contributed by atoms with van der Waals surface area (Å²) < 4.78 is 5.09. The van der Waals surface area contributed by atoms with Crippen LogP contribution in [0.4, 0.5) is 0 Å². The number of carbonyl (C=O) groups is 2. The molecule has 2 atom stereocenters. The van der Waals surface area contributed by atoms with E-state index in [1.54, 1.807) is 10.9 Å². The van der Waals surface area contributed by atoms with Crippen LogP contribution in [0.5, 0.6) is 0 Å². The first-order valence-electron chi connectivity index (χ1n) is 5.17. The van der Waals surface area contributed by atoms with Crippen LogP contribution in [0.15, 0.2) is 10.9 Å². The minimum absolute atomic E-state index is 0.189. The molecular formula is C10H12N2O4S. The smallest absolute Gasteiger partial charge is 0.335 e. The third-order valence-electron chi connectivity index (χ3n) is 2.67. The van der Waals surface area contributed by atoms with Crippen molar-refractivity contribution in [1.82, 2.24) is 9.88 Å². The number of hydrogen-bond donors (Lipinski definition) is 1. The molecule has 7 heteroatoms. The average molecular weight is 256 g/mol. The van der Waals surface area contributed by atoms with Crippen molar-refractivity contribution in [2.75, 3.05) is 13.2 Å². The monoisotopic (exact) mass is 256 g/mol. The number of carboxylic acid groups (broad SMARTS) is 1. The molecule has 6 nitrogen and oxygen atoms in total. The lowest BCUT2D eigenvalue weighted by Crippen LogP contribution is -2.51. The maximum Gasteiger partial charge on any atom is 0.335 e. The van der Waals surface area contributed by atoms with Gasteiger partial charge in [0.1, 0.15) is 12.6 Å². The van der Waals surface area contributed by atoms with Crippen molar-refractivity contribution in [2.24, 2.45) is 0 Å². The number of hydrogen-bond acceptors (Lipinski definition) is 5. The van der Waals surface area contributed by atoms with Crippen molar-refractivity contribution in [3.8, 4) is 0 Å². The second-order valence-corrected chi connectivity index (χ2v) is 4.33. The molecule has 92 valence electrons. The first-order chi connectivity index (χ1) is 8.15. The summed E-state index contributed by atoms with van der Waals surface area (Å²) in [4.78, 5) is 28.4.